The van der Waals surface area contributed by atoms with Gasteiger partial charge in [0.05, 0.1) is 18.1 Å². The highest BCUT2D eigenvalue weighted by molar-refractivity contribution is 7.89. The molecule has 6 nitrogen and oxygen atoms in total. The lowest BCUT2D eigenvalue weighted by molar-refractivity contribution is 0.0190. The van der Waals surface area contributed by atoms with Crippen LogP contribution in [-0.4, -0.2) is 70.2 Å². The maximum absolute atomic E-state index is 13.0. The lowest BCUT2D eigenvalue weighted by Gasteiger charge is -2.41. The Balaban J connectivity index is 1.62. The van der Waals surface area contributed by atoms with Gasteiger partial charge in [0, 0.05) is 39.3 Å². The van der Waals surface area contributed by atoms with E-state index >= 15 is 0 Å². The van der Waals surface area contributed by atoms with E-state index in [9.17, 15) is 8.42 Å². The highest BCUT2D eigenvalue weighted by Crippen LogP contribution is 2.28. The molecule has 0 spiro atoms. The van der Waals surface area contributed by atoms with E-state index in [2.05, 4.69) is 4.90 Å². The van der Waals surface area contributed by atoms with Gasteiger partial charge in [0.15, 0.2) is 0 Å². The third-order valence-electron chi connectivity index (χ3n) is 5.75. The van der Waals surface area contributed by atoms with Crippen LogP contribution in [0.25, 0.3) is 0 Å². The molecule has 0 N–H and O–H groups in total. The van der Waals surface area contributed by atoms with Gasteiger partial charge in [0.25, 0.3) is 0 Å². The first-order valence-corrected chi connectivity index (χ1v) is 10.8. The van der Waals surface area contributed by atoms with Gasteiger partial charge in [0.2, 0.25) is 10.0 Å². The molecule has 7 heteroatoms. The highest BCUT2D eigenvalue weighted by Gasteiger charge is 2.33. The average Bonchev–Trinajstić information content (AvgIpc) is 2.67. The average molecular weight is 383 g/mol. The highest BCUT2D eigenvalue weighted by atomic mass is 32.2. The van der Waals surface area contributed by atoms with Crippen LogP contribution in [0.15, 0.2) is 23.1 Å². The number of nitrogens with zero attached hydrogens (tertiary/aromatic N) is 2. The third-order valence-corrected chi connectivity index (χ3v) is 7.81. The number of benzene rings is 1. The quantitative estimate of drug-likeness (QED) is 0.782. The summed E-state index contributed by atoms with van der Waals surface area (Å²) in [7, 11) is -0.0763. The van der Waals surface area contributed by atoms with Crippen LogP contribution in [0.5, 0.6) is 5.75 Å². The Morgan fingerprint density at radius 2 is 1.65 bits per heavy atom. The van der Waals surface area contributed by atoms with Crippen molar-refractivity contribution in [3.8, 4) is 5.75 Å². The summed E-state index contributed by atoms with van der Waals surface area (Å²) < 4.78 is 38.3. The van der Waals surface area contributed by atoms with E-state index in [0.29, 0.717) is 35.9 Å². The first-order valence-electron chi connectivity index (χ1n) is 9.37. The van der Waals surface area contributed by atoms with Gasteiger partial charge in [-0.3, -0.25) is 0 Å². The molecule has 2 aliphatic rings. The Hall–Kier alpha value is -1.15. The van der Waals surface area contributed by atoms with Crippen LogP contribution in [0, 0.1) is 6.92 Å². The van der Waals surface area contributed by atoms with Crippen molar-refractivity contribution in [3.63, 3.8) is 0 Å². The first kappa shape index (κ1) is 19.6. The molecule has 1 aromatic carbocycles. The molecule has 2 fully saturated rings. The lowest BCUT2D eigenvalue weighted by Crippen LogP contribution is -2.49. The number of rotatable bonds is 5. The van der Waals surface area contributed by atoms with Crippen LogP contribution in [-0.2, 0) is 14.8 Å². The Morgan fingerprint density at radius 1 is 1.00 bits per heavy atom. The molecular weight excluding hydrogens is 352 g/mol. The van der Waals surface area contributed by atoms with E-state index in [0.717, 1.165) is 44.3 Å². The summed E-state index contributed by atoms with van der Waals surface area (Å²) in [5.74, 6) is 0.680. The zero-order valence-corrected chi connectivity index (χ0v) is 16.8. The van der Waals surface area contributed by atoms with Gasteiger partial charge < -0.3 is 14.4 Å². The number of likely N-dealkylation sites (tertiary alicyclic amines) is 1. The summed E-state index contributed by atoms with van der Waals surface area (Å²) in [6.45, 7) is 5.09. The first-order chi connectivity index (χ1) is 12.5. The molecule has 2 saturated heterocycles. The molecule has 0 bridgehead atoms. The smallest absolute Gasteiger partial charge is 0.243 e. The third kappa shape index (κ3) is 4.06. The molecule has 2 aliphatic heterocycles. The maximum Gasteiger partial charge on any atom is 0.243 e. The summed E-state index contributed by atoms with van der Waals surface area (Å²) in [6.07, 6.45) is 4.31. The van der Waals surface area contributed by atoms with Crippen molar-refractivity contribution < 1.29 is 17.9 Å². The van der Waals surface area contributed by atoms with E-state index in [-0.39, 0.29) is 0 Å². The number of ether oxygens (including phenoxy) is 2. The van der Waals surface area contributed by atoms with Crippen LogP contribution in [0.1, 0.15) is 31.2 Å². The number of methoxy groups -OCH3 is 2. The van der Waals surface area contributed by atoms with E-state index in [1.165, 1.54) is 0 Å². The number of aryl methyl sites for hydroxylation is 1. The Kier molecular flexibility index (Phi) is 6.22. The molecule has 0 unspecified atom stereocenters. The molecule has 0 amide bonds. The summed E-state index contributed by atoms with van der Waals surface area (Å²) in [6, 6.07) is 5.63. The summed E-state index contributed by atoms with van der Waals surface area (Å²) >= 11 is 0. The second-order valence-corrected chi connectivity index (χ2v) is 9.14. The van der Waals surface area contributed by atoms with Crippen molar-refractivity contribution in [1.82, 2.24) is 9.21 Å². The van der Waals surface area contributed by atoms with Crippen LogP contribution >= 0.6 is 0 Å². The fourth-order valence-electron chi connectivity index (χ4n) is 4.10. The van der Waals surface area contributed by atoms with Gasteiger partial charge in [0.1, 0.15) is 5.75 Å². The van der Waals surface area contributed by atoms with Crippen LogP contribution in [0.2, 0.25) is 0 Å². The summed E-state index contributed by atoms with van der Waals surface area (Å²) in [4.78, 5) is 2.90. The number of piperidine rings is 2. The van der Waals surface area contributed by atoms with Gasteiger partial charge in [-0.05, 0) is 56.4 Å². The van der Waals surface area contributed by atoms with E-state index in [4.69, 9.17) is 9.47 Å². The SMILES string of the molecule is COc1ccc(S(=O)(=O)N2CCC(N3CCC(OC)CC3)CC2)c(C)c1. The zero-order chi connectivity index (χ0) is 18.7. The molecule has 1 aromatic rings. The predicted molar refractivity (Wildman–Crippen MR) is 101 cm³/mol. The molecule has 0 radical (unpaired) electrons. The zero-order valence-electron chi connectivity index (χ0n) is 16.0. The molecule has 26 heavy (non-hydrogen) atoms. The number of hydrogen-bond donors (Lipinski definition) is 0. The normalized spacial score (nSPS) is 21.8. The molecule has 146 valence electrons. The van der Waals surface area contributed by atoms with E-state index < -0.39 is 10.0 Å². The predicted octanol–water partition coefficient (Wildman–Crippen LogP) is 2.27. The maximum atomic E-state index is 13.0. The monoisotopic (exact) mass is 382 g/mol. The molecule has 3 rings (SSSR count). The molecule has 2 heterocycles. The lowest BCUT2D eigenvalue weighted by atomic mass is 10.00. The van der Waals surface area contributed by atoms with Gasteiger partial charge in [-0.15, -0.1) is 0 Å². The second kappa shape index (κ2) is 8.25. The fraction of sp³-hybridized carbons (Fsp3) is 0.684. The molecule has 0 aliphatic carbocycles. The minimum Gasteiger partial charge on any atom is -0.497 e. The number of hydrogen-bond acceptors (Lipinski definition) is 5. The second-order valence-electron chi connectivity index (χ2n) is 7.24. The van der Waals surface area contributed by atoms with E-state index in [1.54, 1.807) is 36.7 Å². The molecular formula is C19H30N2O4S. The Bertz CT molecular complexity index is 706. The van der Waals surface area contributed by atoms with Crippen LogP contribution in [0.3, 0.4) is 0 Å². The van der Waals surface area contributed by atoms with Crippen molar-refractivity contribution in [2.45, 2.75) is 49.6 Å². The van der Waals surface area contributed by atoms with Crippen molar-refractivity contribution in [1.29, 1.82) is 0 Å². The van der Waals surface area contributed by atoms with Crippen LogP contribution in [0.4, 0.5) is 0 Å². The fourth-order valence-corrected chi connectivity index (χ4v) is 5.78. The Labute approximate surface area is 157 Å². The topological polar surface area (TPSA) is 59.1 Å². The van der Waals surface area contributed by atoms with Crippen molar-refractivity contribution in [3.05, 3.63) is 23.8 Å². The van der Waals surface area contributed by atoms with Crippen molar-refractivity contribution >= 4 is 10.0 Å². The summed E-state index contributed by atoms with van der Waals surface area (Å²) in [5.41, 5.74) is 0.730. The standard InChI is InChI=1S/C19H30N2O4S/c1-15-14-18(25-3)4-5-19(15)26(22,23)21-12-6-16(7-13-21)20-10-8-17(24-2)9-11-20/h4-5,14,16-17H,6-13H2,1-3H3. The minimum absolute atomic E-state index is 0.379. The van der Waals surface area contributed by atoms with Gasteiger partial charge in [-0.25, -0.2) is 8.42 Å². The van der Waals surface area contributed by atoms with Gasteiger partial charge in [-0.2, -0.15) is 4.31 Å². The molecule has 0 aromatic heterocycles. The van der Waals surface area contributed by atoms with Gasteiger partial charge in [-0.1, -0.05) is 0 Å². The minimum atomic E-state index is -3.45. The molecule has 0 saturated carbocycles. The van der Waals surface area contributed by atoms with Crippen molar-refractivity contribution in [2.75, 3.05) is 40.4 Å². The largest absolute Gasteiger partial charge is 0.497 e. The van der Waals surface area contributed by atoms with Gasteiger partial charge >= 0.3 is 0 Å². The number of sulfonamides is 1. The Morgan fingerprint density at radius 3 is 2.19 bits per heavy atom. The van der Waals surface area contributed by atoms with E-state index in [1.807, 2.05) is 6.92 Å². The van der Waals surface area contributed by atoms with Crippen LogP contribution < -0.4 is 4.74 Å². The van der Waals surface area contributed by atoms with Crippen molar-refractivity contribution in [2.24, 2.45) is 0 Å². The molecule has 0 atom stereocenters. The summed E-state index contributed by atoms with van der Waals surface area (Å²) in [5, 5.41) is 0.